The van der Waals surface area contributed by atoms with Crippen LogP contribution >= 0.6 is 0 Å². The fourth-order valence-electron chi connectivity index (χ4n) is 4.81. The van der Waals surface area contributed by atoms with Gasteiger partial charge in [-0.1, -0.05) is 30.3 Å². The van der Waals surface area contributed by atoms with E-state index in [1.165, 1.54) is 17.7 Å². The van der Waals surface area contributed by atoms with E-state index in [2.05, 4.69) is 22.3 Å². The van der Waals surface area contributed by atoms with Crippen molar-refractivity contribution in [2.75, 3.05) is 19.4 Å². The lowest BCUT2D eigenvalue weighted by Crippen LogP contribution is -2.37. The van der Waals surface area contributed by atoms with Crippen LogP contribution in [-0.2, 0) is 6.18 Å². The van der Waals surface area contributed by atoms with Crippen molar-refractivity contribution in [2.45, 2.75) is 37.0 Å². The summed E-state index contributed by atoms with van der Waals surface area (Å²) in [5.41, 5.74) is 2.29. The van der Waals surface area contributed by atoms with Gasteiger partial charge < -0.3 is 10.2 Å². The second kappa shape index (κ2) is 6.31. The predicted molar refractivity (Wildman–Crippen MR) is 97.2 cm³/mol. The molecule has 4 atom stereocenters. The minimum atomic E-state index is -4.31. The molecular weight excluding hydrogens is 337 g/mol. The van der Waals surface area contributed by atoms with Gasteiger partial charge in [0.1, 0.15) is 0 Å². The molecule has 4 rings (SSSR count). The Hall–Kier alpha value is -2.01. The number of anilines is 1. The first-order valence-electron chi connectivity index (χ1n) is 9.05. The molecule has 2 aromatic rings. The molecule has 1 saturated carbocycles. The van der Waals surface area contributed by atoms with Crippen molar-refractivity contribution >= 4 is 5.69 Å². The summed E-state index contributed by atoms with van der Waals surface area (Å²) in [6, 6.07) is 14.8. The molecule has 1 N–H and O–H groups in total. The molecule has 0 bridgehead atoms. The van der Waals surface area contributed by atoms with E-state index in [1.807, 2.05) is 32.3 Å². The normalized spacial score (nSPS) is 27.8. The Kier molecular flexibility index (Phi) is 4.22. The van der Waals surface area contributed by atoms with E-state index < -0.39 is 11.7 Å². The van der Waals surface area contributed by atoms with Crippen LogP contribution in [0.4, 0.5) is 18.9 Å². The number of hydrogen-bond acceptors (Lipinski definition) is 2. The number of rotatable bonds is 2. The molecule has 2 nitrogen and oxygen atoms in total. The van der Waals surface area contributed by atoms with Crippen molar-refractivity contribution in [1.82, 2.24) is 4.90 Å². The minimum Gasteiger partial charge on any atom is -0.378 e. The fraction of sp³-hybridized carbons (Fsp3) is 0.429. The molecule has 0 radical (unpaired) electrons. The fourth-order valence-corrected chi connectivity index (χ4v) is 4.81. The molecule has 1 aliphatic heterocycles. The Morgan fingerprint density at radius 3 is 2.38 bits per heavy atom. The summed E-state index contributed by atoms with van der Waals surface area (Å²) in [6.07, 6.45) is -2.30. The maximum atomic E-state index is 13.3. The zero-order valence-corrected chi connectivity index (χ0v) is 14.9. The lowest BCUT2D eigenvalue weighted by Gasteiger charge is -2.41. The summed E-state index contributed by atoms with van der Waals surface area (Å²) in [6.45, 7) is 0. The molecule has 0 spiro atoms. The molecule has 26 heavy (non-hydrogen) atoms. The van der Waals surface area contributed by atoms with Gasteiger partial charge in [-0.15, -0.1) is 0 Å². The van der Waals surface area contributed by atoms with E-state index in [1.54, 1.807) is 6.07 Å². The Morgan fingerprint density at radius 1 is 1.00 bits per heavy atom. The van der Waals surface area contributed by atoms with Gasteiger partial charge >= 0.3 is 6.18 Å². The molecule has 0 amide bonds. The summed E-state index contributed by atoms with van der Waals surface area (Å²) in [5.74, 6) is 0.398. The molecular formula is C21H23F3N2. The van der Waals surface area contributed by atoms with Crippen LogP contribution in [0.25, 0.3) is 0 Å². The highest BCUT2D eigenvalue weighted by Gasteiger charge is 2.47. The number of benzene rings is 2. The number of nitrogens with zero attached hydrogens (tertiary/aromatic N) is 1. The van der Waals surface area contributed by atoms with Crippen LogP contribution in [0, 0.1) is 5.92 Å². The highest BCUT2D eigenvalue weighted by Crippen LogP contribution is 2.54. The van der Waals surface area contributed by atoms with Gasteiger partial charge in [0.2, 0.25) is 0 Å². The molecule has 0 unspecified atom stereocenters. The molecule has 2 aliphatic rings. The molecule has 1 aliphatic carbocycles. The van der Waals surface area contributed by atoms with Crippen LogP contribution < -0.4 is 5.32 Å². The average molecular weight is 360 g/mol. The smallest absolute Gasteiger partial charge is 0.378 e. The number of halogens is 3. The highest BCUT2D eigenvalue weighted by molar-refractivity contribution is 5.60. The standard InChI is InChI=1S/C21H23F3N2/c1-26(2)18-11-9-15-19(18)16-12-14(21(22,23)24)8-10-17(16)25-20(15)13-6-4-3-5-7-13/h3-8,10,12,15,18-20,25H,9,11H2,1-2H3/t15-,18+,19+,20-/m1/s1. The largest absolute Gasteiger partial charge is 0.416 e. The maximum absolute atomic E-state index is 13.3. The van der Waals surface area contributed by atoms with Crippen molar-refractivity contribution in [2.24, 2.45) is 5.92 Å². The Balaban J connectivity index is 1.82. The predicted octanol–water partition coefficient (Wildman–Crippen LogP) is 5.30. The first kappa shape index (κ1) is 17.4. The SMILES string of the molecule is CN(C)[C@H]1CC[C@@H]2[C@H]1c1cc(C(F)(F)F)ccc1N[C@@H]2c1ccccc1. The third-order valence-corrected chi connectivity index (χ3v) is 5.97. The van der Waals surface area contributed by atoms with Gasteiger partial charge in [0.25, 0.3) is 0 Å². The Morgan fingerprint density at radius 2 is 1.73 bits per heavy atom. The third-order valence-electron chi connectivity index (χ3n) is 5.97. The quantitative estimate of drug-likeness (QED) is 0.782. The van der Waals surface area contributed by atoms with Crippen LogP contribution in [0.15, 0.2) is 48.5 Å². The molecule has 1 fully saturated rings. The van der Waals surface area contributed by atoms with Crippen molar-refractivity contribution in [1.29, 1.82) is 0 Å². The number of hydrogen-bond donors (Lipinski definition) is 1. The molecule has 5 heteroatoms. The summed E-state index contributed by atoms with van der Waals surface area (Å²) >= 11 is 0. The molecule has 0 aromatic heterocycles. The van der Waals surface area contributed by atoms with Gasteiger partial charge in [-0.2, -0.15) is 13.2 Å². The van der Waals surface area contributed by atoms with Gasteiger partial charge in [-0.3, -0.25) is 0 Å². The monoisotopic (exact) mass is 360 g/mol. The van der Waals surface area contributed by atoms with Gasteiger partial charge in [0.15, 0.2) is 0 Å². The lowest BCUT2D eigenvalue weighted by molar-refractivity contribution is -0.137. The van der Waals surface area contributed by atoms with Gasteiger partial charge in [0.05, 0.1) is 11.6 Å². The lowest BCUT2D eigenvalue weighted by atomic mass is 9.75. The van der Waals surface area contributed by atoms with E-state index in [9.17, 15) is 13.2 Å². The van der Waals surface area contributed by atoms with E-state index in [4.69, 9.17) is 0 Å². The maximum Gasteiger partial charge on any atom is 0.416 e. The minimum absolute atomic E-state index is 0.105. The number of likely N-dealkylation sites (N-methyl/N-ethyl adjacent to an activating group) is 1. The van der Waals surface area contributed by atoms with Crippen molar-refractivity contribution in [3.63, 3.8) is 0 Å². The van der Waals surface area contributed by atoms with Crippen molar-refractivity contribution in [3.05, 3.63) is 65.2 Å². The zero-order chi connectivity index (χ0) is 18.5. The van der Waals surface area contributed by atoms with E-state index in [-0.39, 0.29) is 18.0 Å². The second-order valence-electron chi connectivity index (χ2n) is 7.63. The first-order chi connectivity index (χ1) is 12.4. The average Bonchev–Trinajstić information content (AvgIpc) is 3.06. The van der Waals surface area contributed by atoms with E-state index in [0.717, 1.165) is 24.1 Å². The Bertz CT molecular complexity index is 786. The number of nitrogens with one attached hydrogen (secondary N) is 1. The number of fused-ring (bicyclic) bond motifs is 3. The van der Waals surface area contributed by atoms with Crippen LogP contribution in [-0.4, -0.2) is 25.0 Å². The van der Waals surface area contributed by atoms with E-state index >= 15 is 0 Å². The van der Waals surface area contributed by atoms with Crippen molar-refractivity contribution < 1.29 is 13.2 Å². The number of alkyl halides is 3. The molecule has 1 heterocycles. The topological polar surface area (TPSA) is 15.3 Å². The molecule has 138 valence electrons. The zero-order valence-electron chi connectivity index (χ0n) is 14.9. The van der Waals surface area contributed by atoms with E-state index in [0.29, 0.717) is 5.92 Å². The summed E-state index contributed by atoms with van der Waals surface area (Å²) < 4.78 is 39.8. The summed E-state index contributed by atoms with van der Waals surface area (Å²) in [4.78, 5) is 2.17. The molecule has 2 aromatic carbocycles. The second-order valence-corrected chi connectivity index (χ2v) is 7.63. The Labute approximate surface area is 152 Å². The van der Waals surface area contributed by atoms with Gasteiger partial charge in [-0.25, -0.2) is 0 Å². The highest BCUT2D eigenvalue weighted by atomic mass is 19.4. The summed E-state index contributed by atoms with van der Waals surface area (Å²) in [5, 5.41) is 3.54. The van der Waals surface area contributed by atoms with Crippen LogP contribution in [0.1, 0.15) is 41.5 Å². The van der Waals surface area contributed by atoms with Crippen LogP contribution in [0.3, 0.4) is 0 Å². The first-order valence-corrected chi connectivity index (χ1v) is 9.05. The van der Waals surface area contributed by atoms with Crippen LogP contribution in [0.2, 0.25) is 0 Å². The summed E-state index contributed by atoms with van der Waals surface area (Å²) in [7, 11) is 4.06. The van der Waals surface area contributed by atoms with Crippen molar-refractivity contribution in [3.8, 4) is 0 Å². The van der Waals surface area contributed by atoms with Crippen LogP contribution in [0.5, 0.6) is 0 Å². The molecule has 0 saturated heterocycles. The van der Waals surface area contributed by atoms with Gasteiger partial charge in [0, 0.05) is 17.6 Å². The van der Waals surface area contributed by atoms with Gasteiger partial charge in [-0.05, 0) is 62.2 Å². The third kappa shape index (κ3) is 2.88.